The van der Waals surface area contributed by atoms with Crippen molar-refractivity contribution in [1.29, 1.82) is 0 Å². The molecule has 0 spiro atoms. The number of hydrogen-bond donors (Lipinski definition) is 0. The molecule has 2 aromatic rings. The van der Waals surface area contributed by atoms with Crippen LogP contribution in [0.1, 0.15) is 40.2 Å². The van der Waals surface area contributed by atoms with Gasteiger partial charge < -0.3 is 14.2 Å². The van der Waals surface area contributed by atoms with Crippen molar-refractivity contribution >= 4 is 15.9 Å². The van der Waals surface area contributed by atoms with Crippen LogP contribution in [0, 0.1) is 13.8 Å². The van der Waals surface area contributed by atoms with E-state index in [2.05, 4.69) is 5.16 Å². The van der Waals surface area contributed by atoms with Crippen LogP contribution in [0.2, 0.25) is 0 Å². The molecule has 0 unspecified atom stereocenters. The number of amides is 1. The standard InChI is InChI=1S/C19H25N3O5S/c1-13-16(14(2)27-20-13)12-21(3)19(23)15-7-8-17(26-4)18(11-15)28(24,25)22-9-5-6-10-22/h7-8,11H,5-6,9-10,12H2,1-4H3. The van der Waals surface area contributed by atoms with Crippen LogP contribution in [0.3, 0.4) is 0 Å². The minimum atomic E-state index is -3.71. The molecule has 1 aliphatic rings. The first kappa shape index (κ1) is 20.3. The van der Waals surface area contributed by atoms with Crippen molar-refractivity contribution in [3.8, 4) is 5.75 Å². The molecule has 0 aliphatic carbocycles. The summed E-state index contributed by atoms with van der Waals surface area (Å²) in [7, 11) is -0.634. The van der Waals surface area contributed by atoms with Crippen LogP contribution in [0.4, 0.5) is 0 Å². The van der Waals surface area contributed by atoms with Gasteiger partial charge in [-0.3, -0.25) is 4.79 Å². The van der Waals surface area contributed by atoms with Crippen molar-refractivity contribution in [1.82, 2.24) is 14.4 Å². The molecule has 1 amide bonds. The van der Waals surface area contributed by atoms with E-state index in [-0.39, 0.29) is 22.1 Å². The average molecular weight is 407 g/mol. The minimum absolute atomic E-state index is 0.0217. The summed E-state index contributed by atoms with van der Waals surface area (Å²) in [5, 5.41) is 3.90. The molecular weight excluding hydrogens is 382 g/mol. The van der Waals surface area contributed by atoms with Gasteiger partial charge in [0.2, 0.25) is 10.0 Å². The lowest BCUT2D eigenvalue weighted by atomic mass is 10.1. The fraction of sp³-hybridized carbons (Fsp3) is 0.474. The van der Waals surface area contributed by atoms with Crippen LogP contribution in [0.5, 0.6) is 5.75 Å². The fourth-order valence-electron chi connectivity index (χ4n) is 3.34. The molecule has 1 aromatic heterocycles. The summed E-state index contributed by atoms with van der Waals surface area (Å²) in [6.45, 7) is 4.89. The normalized spacial score (nSPS) is 15.0. The maximum Gasteiger partial charge on any atom is 0.253 e. The Bertz CT molecular complexity index is 958. The van der Waals surface area contributed by atoms with Crippen molar-refractivity contribution in [2.45, 2.75) is 38.1 Å². The molecule has 0 radical (unpaired) electrons. The van der Waals surface area contributed by atoms with Gasteiger partial charge in [-0.25, -0.2) is 8.42 Å². The summed E-state index contributed by atoms with van der Waals surface area (Å²) in [6, 6.07) is 4.51. The van der Waals surface area contributed by atoms with Crippen LogP contribution in [-0.4, -0.2) is 55.9 Å². The van der Waals surface area contributed by atoms with Gasteiger partial charge in [0.05, 0.1) is 19.3 Å². The third kappa shape index (κ3) is 3.77. The molecule has 0 atom stereocenters. The van der Waals surface area contributed by atoms with E-state index in [0.717, 1.165) is 24.1 Å². The van der Waals surface area contributed by atoms with Gasteiger partial charge >= 0.3 is 0 Å². The molecule has 1 fully saturated rings. The summed E-state index contributed by atoms with van der Waals surface area (Å²) in [5.74, 6) is 0.599. The highest BCUT2D eigenvalue weighted by Gasteiger charge is 2.31. The van der Waals surface area contributed by atoms with E-state index < -0.39 is 10.0 Å². The number of aromatic nitrogens is 1. The Morgan fingerprint density at radius 3 is 2.54 bits per heavy atom. The molecule has 3 rings (SSSR count). The number of benzene rings is 1. The maximum absolute atomic E-state index is 13.0. The molecule has 9 heteroatoms. The molecule has 0 saturated carbocycles. The number of carbonyl (C=O) groups is 1. The largest absolute Gasteiger partial charge is 0.495 e. The first-order chi connectivity index (χ1) is 13.3. The molecule has 152 valence electrons. The van der Waals surface area contributed by atoms with Gasteiger partial charge in [-0.2, -0.15) is 4.31 Å². The smallest absolute Gasteiger partial charge is 0.253 e. The van der Waals surface area contributed by atoms with Gasteiger partial charge in [-0.1, -0.05) is 5.16 Å². The number of carbonyl (C=O) groups excluding carboxylic acids is 1. The van der Waals surface area contributed by atoms with Crippen LogP contribution in [-0.2, 0) is 16.6 Å². The number of rotatable bonds is 6. The van der Waals surface area contributed by atoms with Crippen LogP contribution >= 0.6 is 0 Å². The van der Waals surface area contributed by atoms with E-state index in [9.17, 15) is 13.2 Å². The summed E-state index contributed by atoms with van der Waals surface area (Å²) in [4.78, 5) is 14.5. The van der Waals surface area contributed by atoms with Crippen LogP contribution in [0.15, 0.2) is 27.6 Å². The van der Waals surface area contributed by atoms with Gasteiger partial charge in [0.1, 0.15) is 16.4 Å². The second kappa shape index (κ2) is 7.92. The topological polar surface area (TPSA) is 93.0 Å². The lowest BCUT2D eigenvalue weighted by molar-refractivity contribution is 0.0784. The van der Waals surface area contributed by atoms with E-state index >= 15 is 0 Å². The summed E-state index contributed by atoms with van der Waals surface area (Å²) >= 11 is 0. The highest BCUT2D eigenvalue weighted by atomic mass is 32.2. The fourth-order valence-corrected chi connectivity index (χ4v) is 5.03. The average Bonchev–Trinajstić information content (AvgIpc) is 3.33. The Balaban J connectivity index is 1.91. The molecule has 2 heterocycles. The maximum atomic E-state index is 13.0. The van der Waals surface area contributed by atoms with Crippen molar-refractivity contribution < 1.29 is 22.5 Å². The molecule has 1 saturated heterocycles. The highest BCUT2D eigenvalue weighted by molar-refractivity contribution is 7.89. The van der Waals surface area contributed by atoms with Crippen LogP contribution < -0.4 is 4.74 Å². The van der Waals surface area contributed by atoms with E-state index in [1.165, 1.54) is 28.4 Å². The van der Waals surface area contributed by atoms with Gasteiger partial charge in [0.15, 0.2) is 0 Å². The van der Waals surface area contributed by atoms with E-state index in [4.69, 9.17) is 9.26 Å². The van der Waals surface area contributed by atoms with E-state index in [0.29, 0.717) is 25.4 Å². The zero-order valence-electron chi connectivity index (χ0n) is 16.6. The second-order valence-corrected chi connectivity index (χ2v) is 8.85. The van der Waals surface area contributed by atoms with Crippen molar-refractivity contribution in [2.24, 2.45) is 0 Å². The SMILES string of the molecule is COc1ccc(C(=O)N(C)Cc2c(C)noc2C)cc1S(=O)(=O)N1CCCC1. The molecule has 0 bridgehead atoms. The Kier molecular flexibility index (Phi) is 5.76. The van der Waals surface area contributed by atoms with E-state index in [1.54, 1.807) is 20.0 Å². The van der Waals surface area contributed by atoms with Crippen LogP contribution in [0.25, 0.3) is 0 Å². The molecule has 1 aromatic carbocycles. The van der Waals surface area contributed by atoms with Gasteiger partial charge in [-0.15, -0.1) is 0 Å². The number of nitrogens with zero attached hydrogens (tertiary/aromatic N) is 3. The van der Waals surface area contributed by atoms with Gasteiger partial charge in [-0.05, 0) is 44.9 Å². The Labute approximate surface area is 165 Å². The number of aryl methyl sites for hydroxylation is 2. The first-order valence-electron chi connectivity index (χ1n) is 9.11. The Morgan fingerprint density at radius 1 is 1.29 bits per heavy atom. The molecule has 8 nitrogen and oxygen atoms in total. The molecule has 1 aliphatic heterocycles. The zero-order valence-corrected chi connectivity index (χ0v) is 17.4. The number of sulfonamides is 1. The first-order valence-corrected chi connectivity index (χ1v) is 10.5. The summed E-state index contributed by atoms with van der Waals surface area (Å²) in [5.41, 5.74) is 1.85. The lowest BCUT2D eigenvalue weighted by Gasteiger charge is -2.20. The molecular formula is C19H25N3O5S. The summed E-state index contributed by atoms with van der Waals surface area (Å²) < 4.78 is 37.8. The zero-order chi connectivity index (χ0) is 20.5. The minimum Gasteiger partial charge on any atom is -0.495 e. The lowest BCUT2D eigenvalue weighted by Crippen LogP contribution is -2.29. The Morgan fingerprint density at radius 2 is 1.96 bits per heavy atom. The predicted octanol–water partition coefficient (Wildman–Crippen LogP) is 2.36. The number of ether oxygens (including phenoxy) is 1. The third-order valence-corrected chi connectivity index (χ3v) is 6.94. The quantitative estimate of drug-likeness (QED) is 0.730. The van der Waals surface area contributed by atoms with Gasteiger partial charge in [0.25, 0.3) is 5.91 Å². The third-order valence-electron chi connectivity index (χ3n) is 5.02. The van der Waals surface area contributed by atoms with Crippen molar-refractivity contribution in [2.75, 3.05) is 27.2 Å². The summed E-state index contributed by atoms with van der Waals surface area (Å²) in [6.07, 6.45) is 1.67. The monoisotopic (exact) mass is 407 g/mol. The number of hydrogen-bond acceptors (Lipinski definition) is 6. The number of methoxy groups -OCH3 is 1. The van der Waals surface area contributed by atoms with Gasteiger partial charge in [0, 0.05) is 31.3 Å². The Hall–Kier alpha value is -2.39. The van der Waals surface area contributed by atoms with Crippen molar-refractivity contribution in [3.63, 3.8) is 0 Å². The van der Waals surface area contributed by atoms with Crippen molar-refractivity contribution in [3.05, 3.63) is 40.8 Å². The molecule has 28 heavy (non-hydrogen) atoms. The van der Waals surface area contributed by atoms with E-state index in [1.807, 2.05) is 6.92 Å². The highest BCUT2D eigenvalue weighted by Crippen LogP contribution is 2.30. The second-order valence-electron chi connectivity index (χ2n) is 6.94. The molecule has 0 N–H and O–H groups in total. The predicted molar refractivity (Wildman–Crippen MR) is 103 cm³/mol.